The van der Waals surface area contributed by atoms with E-state index in [-0.39, 0.29) is 11.2 Å². The number of halogens is 3. The van der Waals surface area contributed by atoms with Crippen LogP contribution in [0.5, 0.6) is 5.75 Å². The van der Waals surface area contributed by atoms with E-state index in [2.05, 4.69) is 4.74 Å². The molecule has 0 spiro atoms. The summed E-state index contributed by atoms with van der Waals surface area (Å²) in [5.74, 6) is -0.960. The van der Waals surface area contributed by atoms with Gasteiger partial charge in [-0.15, -0.1) is 13.2 Å². The largest absolute Gasteiger partial charge is 0.573 e. The average Bonchev–Trinajstić information content (AvgIpc) is 2.52. The molecule has 0 aromatic heterocycles. The van der Waals surface area contributed by atoms with Gasteiger partial charge in [0.2, 0.25) is 0 Å². The van der Waals surface area contributed by atoms with Gasteiger partial charge in [-0.3, -0.25) is 14.8 Å². The summed E-state index contributed by atoms with van der Waals surface area (Å²) in [4.78, 5) is 9.01. The molecule has 0 aliphatic heterocycles. The van der Waals surface area contributed by atoms with Gasteiger partial charge >= 0.3 is 13.5 Å². The van der Waals surface area contributed by atoms with E-state index in [9.17, 15) is 31.7 Å². The van der Waals surface area contributed by atoms with E-state index >= 15 is 0 Å². The van der Waals surface area contributed by atoms with Gasteiger partial charge in [-0.2, -0.15) is 0 Å². The number of hydrogen-bond donors (Lipinski definition) is 3. The topological polar surface area (TPSA) is 139 Å². The second-order valence-corrected chi connectivity index (χ2v) is 6.69. The molecule has 14 heteroatoms. The highest BCUT2D eigenvalue weighted by atomic mass is 32.2. The lowest BCUT2D eigenvalue weighted by molar-refractivity contribution is -0.388. The second kappa shape index (κ2) is 7.42. The molecule has 0 radical (unpaired) electrons. The van der Waals surface area contributed by atoms with Gasteiger partial charge in [-0.25, -0.2) is 8.42 Å². The van der Waals surface area contributed by atoms with Crippen molar-refractivity contribution < 1.29 is 41.3 Å². The van der Waals surface area contributed by atoms with Gasteiger partial charge in [0.05, 0.1) is 11.0 Å². The van der Waals surface area contributed by atoms with Gasteiger partial charge in [-0.1, -0.05) is 12.1 Å². The summed E-state index contributed by atoms with van der Waals surface area (Å²) in [5.41, 5.74) is -1.34. The number of hydrogen-bond acceptors (Lipinski definition) is 7. The maximum atomic E-state index is 12.4. The molecule has 0 amide bonds. The summed E-state index contributed by atoms with van der Waals surface area (Å²) in [7, 11) is -6.47. The Bertz CT molecular complexity index is 967. The maximum absolute atomic E-state index is 12.4. The molecule has 0 aliphatic rings. The number of anilines is 1. The zero-order valence-electron chi connectivity index (χ0n) is 13.0. The van der Waals surface area contributed by atoms with Crippen molar-refractivity contribution in [3.05, 3.63) is 52.6 Å². The molecule has 0 saturated heterocycles. The monoisotopic (exact) mass is 406 g/mol. The van der Waals surface area contributed by atoms with Crippen LogP contribution in [0.1, 0.15) is 0 Å². The first kappa shape index (κ1) is 20.5. The number of rotatable bonds is 6. The third kappa shape index (κ3) is 5.32. The van der Waals surface area contributed by atoms with Crippen LogP contribution in [0.25, 0.3) is 0 Å². The van der Waals surface area contributed by atoms with Crippen LogP contribution in [0.2, 0.25) is 0 Å². The lowest BCUT2D eigenvalue weighted by Gasteiger charge is -2.12. The number of ether oxygens (including phenoxy) is 1. The van der Waals surface area contributed by atoms with Crippen molar-refractivity contribution in [1.82, 2.24) is 0 Å². The van der Waals surface area contributed by atoms with Crippen LogP contribution in [-0.2, 0) is 10.0 Å². The molecule has 0 heterocycles. The Morgan fingerprint density at radius 1 is 1.15 bits per heavy atom. The minimum absolute atomic E-state index is 0.0568. The summed E-state index contributed by atoms with van der Waals surface area (Å²) in [6.07, 6.45) is -5.11. The number of sulfonamides is 1. The molecule has 27 heavy (non-hydrogen) atoms. The summed E-state index contributed by atoms with van der Waals surface area (Å²) in [5, 5.41) is 29.3. The van der Waals surface area contributed by atoms with Crippen molar-refractivity contribution in [2.45, 2.75) is 11.3 Å². The van der Waals surface area contributed by atoms with Crippen LogP contribution in [0.4, 0.5) is 24.5 Å². The fourth-order valence-corrected chi connectivity index (χ4v) is 3.24. The number of nitro benzene ring substituents is 1. The van der Waals surface area contributed by atoms with Crippen molar-refractivity contribution in [2.75, 3.05) is 4.72 Å². The SMILES string of the molecule is O=[N+]([O-])c1cc(OC(F)(F)F)ccc1S(=O)(=O)Nc1cccc(B(O)O)c1. The zero-order valence-corrected chi connectivity index (χ0v) is 13.9. The van der Waals surface area contributed by atoms with Crippen LogP contribution < -0.4 is 14.9 Å². The predicted octanol–water partition coefficient (Wildman–Crippen LogP) is 0.974. The Labute approximate surface area is 150 Å². The molecule has 2 rings (SSSR count). The van der Waals surface area contributed by atoms with Crippen molar-refractivity contribution in [3.63, 3.8) is 0 Å². The highest BCUT2D eigenvalue weighted by Gasteiger charge is 2.33. The molecule has 0 aliphatic carbocycles. The number of nitrogens with one attached hydrogen (secondary N) is 1. The van der Waals surface area contributed by atoms with Crippen LogP contribution in [0.15, 0.2) is 47.4 Å². The third-order valence-electron chi connectivity index (χ3n) is 3.09. The molecule has 3 N–H and O–H groups in total. The standard InChI is InChI=1S/C13H10BF3N2O7S/c15-13(16,17)26-10-4-5-12(11(7-10)19(22)23)27(24,25)18-9-3-1-2-8(6-9)14(20)21/h1-7,18,20-21H. The molecule has 144 valence electrons. The maximum Gasteiger partial charge on any atom is 0.573 e. The molecule has 0 unspecified atom stereocenters. The van der Waals surface area contributed by atoms with E-state index in [0.29, 0.717) is 18.2 Å². The van der Waals surface area contributed by atoms with E-state index in [1.165, 1.54) is 18.2 Å². The van der Waals surface area contributed by atoms with Crippen molar-refractivity contribution in [1.29, 1.82) is 0 Å². The molecule has 9 nitrogen and oxygen atoms in total. The Morgan fingerprint density at radius 3 is 2.37 bits per heavy atom. The van der Waals surface area contributed by atoms with Gasteiger partial charge in [0.1, 0.15) is 5.75 Å². The second-order valence-electron chi connectivity index (χ2n) is 5.04. The minimum atomic E-state index is -5.11. The third-order valence-corrected chi connectivity index (χ3v) is 4.52. The smallest absolute Gasteiger partial charge is 0.423 e. The van der Waals surface area contributed by atoms with Crippen molar-refractivity contribution >= 4 is 34.0 Å². The van der Waals surface area contributed by atoms with Crippen LogP contribution in [0.3, 0.4) is 0 Å². The fourth-order valence-electron chi connectivity index (χ4n) is 2.04. The quantitative estimate of drug-likeness (QED) is 0.369. The van der Waals surface area contributed by atoms with Gasteiger partial charge in [0.15, 0.2) is 4.90 Å². The van der Waals surface area contributed by atoms with Crippen LogP contribution >= 0.6 is 0 Å². The van der Waals surface area contributed by atoms with Crippen molar-refractivity contribution in [3.8, 4) is 5.75 Å². The summed E-state index contributed by atoms with van der Waals surface area (Å²) >= 11 is 0. The van der Waals surface area contributed by atoms with E-state index in [1.54, 1.807) is 0 Å². The van der Waals surface area contributed by atoms with E-state index in [1.807, 2.05) is 4.72 Å². The number of benzene rings is 2. The summed E-state index contributed by atoms with van der Waals surface area (Å²) in [6.45, 7) is 0. The first-order chi connectivity index (χ1) is 12.4. The Balaban J connectivity index is 2.43. The van der Waals surface area contributed by atoms with Gasteiger partial charge in [0.25, 0.3) is 15.7 Å². The number of nitrogens with zero attached hydrogens (tertiary/aromatic N) is 1. The number of nitro groups is 1. The Kier molecular flexibility index (Phi) is 5.63. The molecule has 0 fully saturated rings. The average molecular weight is 406 g/mol. The Hall–Kier alpha value is -2.84. The van der Waals surface area contributed by atoms with Crippen LogP contribution in [0, 0.1) is 10.1 Å². The normalized spacial score (nSPS) is 11.7. The molecule has 0 saturated carbocycles. The van der Waals surface area contributed by atoms with E-state index < -0.39 is 44.8 Å². The molecular formula is C13H10BF3N2O7S. The minimum Gasteiger partial charge on any atom is -0.423 e. The fraction of sp³-hybridized carbons (Fsp3) is 0.0769. The zero-order chi connectivity index (χ0) is 20.4. The predicted molar refractivity (Wildman–Crippen MR) is 86.9 cm³/mol. The van der Waals surface area contributed by atoms with Gasteiger partial charge < -0.3 is 14.8 Å². The molecular weight excluding hydrogens is 396 g/mol. The summed E-state index contributed by atoms with van der Waals surface area (Å²) in [6, 6.07) is 6.41. The van der Waals surface area contributed by atoms with Crippen LogP contribution in [-0.4, -0.2) is 36.9 Å². The molecule has 0 bridgehead atoms. The van der Waals surface area contributed by atoms with Gasteiger partial charge in [0, 0.05) is 5.69 Å². The highest BCUT2D eigenvalue weighted by Crippen LogP contribution is 2.32. The van der Waals surface area contributed by atoms with E-state index in [0.717, 1.165) is 6.07 Å². The highest BCUT2D eigenvalue weighted by molar-refractivity contribution is 7.92. The molecule has 0 atom stereocenters. The lowest BCUT2D eigenvalue weighted by atomic mass is 9.80. The first-order valence-electron chi connectivity index (χ1n) is 6.92. The molecule has 2 aromatic rings. The Morgan fingerprint density at radius 2 is 1.81 bits per heavy atom. The first-order valence-corrected chi connectivity index (χ1v) is 8.40. The number of alkyl halides is 3. The molecule has 2 aromatic carbocycles. The van der Waals surface area contributed by atoms with Gasteiger partial charge in [-0.05, 0) is 29.7 Å². The summed E-state index contributed by atoms with van der Waals surface area (Å²) < 4.78 is 67.0. The lowest BCUT2D eigenvalue weighted by Crippen LogP contribution is -2.30. The van der Waals surface area contributed by atoms with Crippen molar-refractivity contribution in [2.24, 2.45) is 0 Å². The van der Waals surface area contributed by atoms with E-state index in [4.69, 9.17) is 10.0 Å².